The third kappa shape index (κ3) is 40.6. The molecule has 0 atom stereocenters. The lowest BCUT2D eigenvalue weighted by Gasteiger charge is -2.17. The second-order valence-corrected chi connectivity index (χ2v) is 13.3. The first kappa shape index (κ1) is 41.5. The van der Waals surface area contributed by atoms with Crippen LogP contribution >= 0.6 is 0 Å². The molecule has 0 spiro atoms. The van der Waals surface area contributed by atoms with Gasteiger partial charge in [-0.2, -0.15) is 9.68 Å². The van der Waals surface area contributed by atoms with Crippen molar-refractivity contribution in [3.05, 3.63) is 0 Å². The van der Waals surface area contributed by atoms with Crippen LogP contribution in [0.5, 0.6) is 0 Å². The van der Waals surface area contributed by atoms with Gasteiger partial charge in [0.15, 0.2) is 0 Å². The highest BCUT2D eigenvalue weighted by Gasteiger charge is 2.08. The molecule has 0 rings (SSSR count). The largest absolute Gasteiger partial charge is 1.00 e. The molecule has 3 nitrogen and oxygen atoms in total. The summed E-state index contributed by atoms with van der Waals surface area (Å²) in [6.45, 7) is 11.0. The summed E-state index contributed by atoms with van der Waals surface area (Å²) in [5.41, 5.74) is 2.11. The van der Waals surface area contributed by atoms with Crippen LogP contribution in [-0.2, 0) is 9.68 Å². The molecule has 0 aromatic heterocycles. The van der Waals surface area contributed by atoms with Crippen LogP contribution in [0.2, 0.25) is 0 Å². The summed E-state index contributed by atoms with van der Waals surface area (Å²) in [6, 6.07) is 0. The molecule has 0 saturated heterocycles. The van der Waals surface area contributed by atoms with Crippen LogP contribution < -0.4 is 22.6 Å². The summed E-state index contributed by atoms with van der Waals surface area (Å²) >= 11 is 0. The van der Waals surface area contributed by atoms with Gasteiger partial charge in [-0.3, -0.25) is 0 Å². The lowest BCUT2D eigenvalue weighted by atomic mass is 9.89. The minimum atomic E-state index is 0. The maximum atomic E-state index is 5.53. The molecule has 0 fully saturated rings. The molecule has 0 saturated carbocycles. The quantitative estimate of drug-likeness (QED) is 0.0606. The molecular formula is C35H74BrNO2. The zero-order chi connectivity index (χ0) is 27.8. The fourth-order valence-electron chi connectivity index (χ4n) is 5.31. The molecule has 2 N–H and O–H groups in total. The smallest absolute Gasteiger partial charge is 0.110 e. The van der Waals surface area contributed by atoms with E-state index in [1.807, 2.05) is 0 Å². The summed E-state index contributed by atoms with van der Waals surface area (Å²) in [5.74, 6) is 0. The third-order valence-corrected chi connectivity index (χ3v) is 7.94. The standard InChI is InChI=1S/C35H74NO2.BrH/c1-5-6-7-8-9-10-11-12-15-18-21-24-27-30-33-37-36-38-34-31-28-25-22-19-16-13-14-17-20-23-26-29-32-35(2,3)4;/h5-34,36H2,1-4H3;1H/q+1;/p-1. The number of rotatable bonds is 32. The Morgan fingerprint density at radius 2 is 0.641 bits per heavy atom. The summed E-state index contributed by atoms with van der Waals surface area (Å²) < 4.78 is 0. The molecule has 0 aromatic carbocycles. The lowest BCUT2D eigenvalue weighted by molar-refractivity contribution is -1.07. The van der Waals surface area contributed by atoms with E-state index >= 15 is 0 Å². The second-order valence-electron chi connectivity index (χ2n) is 13.3. The summed E-state index contributed by atoms with van der Waals surface area (Å²) in [4.78, 5) is 11.1. The third-order valence-electron chi connectivity index (χ3n) is 7.94. The highest BCUT2D eigenvalue weighted by Crippen LogP contribution is 2.22. The molecule has 0 unspecified atom stereocenters. The topological polar surface area (TPSA) is 35.1 Å². The van der Waals surface area contributed by atoms with Gasteiger partial charge >= 0.3 is 0 Å². The van der Waals surface area contributed by atoms with Crippen molar-refractivity contribution in [3.63, 3.8) is 0 Å². The first-order valence-corrected chi connectivity index (χ1v) is 17.6. The average Bonchev–Trinajstić information content (AvgIpc) is 2.88. The van der Waals surface area contributed by atoms with Gasteiger partial charge in [-0.05, 0) is 24.7 Å². The number of unbranched alkanes of at least 4 members (excludes halogenated alkanes) is 25. The molecular weight excluding hydrogens is 546 g/mol. The van der Waals surface area contributed by atoms with Crippen molar-refractivity contribution >= 4 is 0 Å². The maximum Gasteiger partial charge on any atom is 0.110 e. The molecule has 4 heteroatoms. The normalized spacial score (nSPS) is 11.7. The number of hydrogen-bond acceptors (Lipinski definition) is 2. The Balaban J connectivity index is 0. The Bertz CT molecular complexity index is 427. The van der Waals surface area contributed by atoms with Gasteiger partial charge in [0.2, 0.25) is 0 Å². The summed E-state index contributed by atoms with van der Waals surface area (Å²) in [5, 5.41) is 0. The predicted octanol–water partition coefficient (Wildman–Crippen LogP) is 8.41. The van der Waals surface area contributed by atoms with E-state index in [1.54, 1.807) is 5.64 Å². The van der Waals surface area contributed by atoms with Crippen molar-refractivity contribution in [2.75, 3.05) is 13.2 Å². The van der Waals surface area contributed by atoms with E-state index in [2.05, 4.69) is 27.7 Å². The van der Waals surface area contributed by atoms with E-state index in [4.69, 9.17) is 9.68 Å². The number of quaternary nitrogens is 1. The van der Waals surface area contributed by atoms with Crippen molar-refractivity contribution in [2.24, 2.45) is 5.41 Å². The number of halogens is 1. The Hall–Kier alpha value is 0.360. The number of hydrogen-bond donors (Lipinski definition) is 1. The molecule has 0 heterocycles. The molecule has 0 aliphatic carbocycles. The molecule has 0 aliphatic heterocycles. The van der Waals surface area contributed by atoms with Crippen molar-refractivity contribution < 1.29 is 32.3 Å². The molecule has 0 amide bonds. The fourth-order valence-corrected chi connectivity index (χ4v) is 5.31. The molecule has 0 radical (unpaired) electrons. The first-order valence-electron chi connectivity index (χ1n) is 17.6. The number of nitrogens with two attached hydrogens (primary N) is 1. The van der Waals surface area contributed by atoms with Crippen LogP contribution in [0.25, 0.3) is 0 Å². The highest BCUT2D eigenvalue weighted by atomic mass is 79.9. The van der Waals surface area contributed by atoms with E-state index in [-0.39, 0.29) is 17.0 Å². The Morgan fingerprint density at radius 1 is 0.385 bits per heavy atom. The predicted molar refractivity (Wildman–Crippen MR) is 168 cm³/mol. The second kappa shape index (κ2) is 34.6. The van der Waals surface area contributed by atoms with Gasteiger partial charge in [-0.25, -0.2) is 0 Å². The SMILES string of the molecule is CCCCCCCCCCCCCCCCO[NH2+]OCCCCCCCCCCCCCCCC(C)(C)C.[Br-]. The van der Waals surface area contributed by atoms with Crippen LogP contribution in [0.1, 0.15) is 207 Å². The van der Waals surface area contributed by atoms with Crippen LogP contribution in [0, 0.1) is 5.41 Å². The van der Waals surface area contributed by atoms with Crippen LogP contribution in [0.15, 0.2) is 0 Å². The minimum Gasteiger partial charge on any atom is -1.00 e. The average molecular weight is 621 g/mol. The van der Waals surface area contributed by atoms with E-state index in [1.165, 1.54) is 167 Å². The van der Waals surface area contributed by atoms with Gasteiger partial charge < -0.3 is 17.0 Å². The zero-order valence-electron chi connectivity index (χ0n) is 27.5. The van der Waals surface area contributed by atoms with Gasteiger partial charge in [0.05, 0.1) is 0 Å². The van der Waals surface area contributed by atoms with E-state index in [0.29, 0.717) is 5.41 Å². The highest BCUT2D eigenvalue weighted by molar-refractivity contribution is 4.61. The van der Waals surface area contributed by atoms with Crippen molar-refractivity contribution in [1.29, 1.82) is 0 Å². The van der Waals surface area contributed by atoms with Crippen molar-refractivity contribution in [3.8, 4) is 0 Å². The Kier molecular flexibility index (Phi) is 36.8. The van der Waals surface area contributed by atoms with Crippen LogP contribution in [0.3, 0.4) is 0 Å². The molecule has 0 aromatic rings. The van der Waals surface area contributed by atoms with Crippen LogP contribution in [-0.4, -0.2) is 13.2 Å². The molecule has 0 aliphatic rings. The van der Waals surface area contributed by atoms with Gasteiger partial charge in [0, 0.05) is 0 Å². The van der Waals surface area contributed by atoms with Gasteiger partial charge in [-0.15, -0.1) is 0 Å². The minimum absolute atomic E-state index is 0. The Labute approximate surface area is 257 Å². The van der Waals surface area contributed by atoms with Gasteiger partial charge in [-0.1, -0.05) is 194 Å². The maximum absolute atomic E-state index is 5.53. The van der Waals surface area contributed by atoms with E-state index in [0.717, 1.165) is 26.1 Å². The van der Waals surface area contributed by atoms with Crippen molar-refractivity contribution in [2.45, 2.75) is 207 Å². The van der Waals surface area contributed by atoms with Crippen molar-refractivity contribution in [1.82, 2.24) is 0 Å². The van der Waals surface area contributed by atoms with E-state index in [9.17, 15) is 0 Å². The van der Waals surface area contributed by atoms with Gasteiger partial charge in [0.25, 0.3) is 0 Å². The lowest BCUT2D eigenvalue weighted by Crippen LogP contribution is -3.00. The molecule has 238 valence electrons. The molecule has 0 bridgehead atoms. The molecule has 39 heavy (non-hydrogen) atoms. The van der Waals surface area contributed by atoms with Crippen LogP contribution in [0.4, 0.5) is 0 Å². The Morgan fingerprint density at radius 3 is 0.923 bits per heavy atom. The summed E-state index contributed by atoms with van der Waals surface area (Å²) in [6.07, 6.45) is 39.1. The summed E-state index contributed by atoms with van der Waals surface area (Å²) in [7, 11) is 0. The fraction of sp³-hybridized carbons (Fsp3) is 1.00. The van der Waals surface area contributed by atoms with E-state index < -0.39 is 0 Å². The zero-order valence-corrected chi connectivity index (χ0v) is 29.1. The van der Waals surface area contributed by atoms with Gasteiger partial charge in [0.1, 0.15) is 13.2 Å². The monoisotopic (exact) mass is 619 g/mol. The first-order chi connectivity index (χ1) is 18.6.